The fourth-order valence-corrected chi connectivity index (χ4v) is 15.8. The van der Waals surface area contributed by atoms with Crippen LogP contribution in [0.5, 0.6) is 0 Å². The van der Waals surface area contributed by atoms with E-state index in [4.69, 9.17) is 4.98 Å². The Morgan fingerprint density at radius 2 is 1.06 bits per heavy atom. The Bertz CT molecular complexity index is 4330. The Morgan fingerprint density at radius 3 is 1.52 bits per heavy atom. The monoisotopic (exact) mass is 1260 g/mol. The van der Waals surface area contributed by atoms with Gasteiger partial charge in [-0.25, -0.2) is 27.7 Å². The maximum Gasteiger partial charge on any atom is 0.417 e. The lowest BCUT2D eigenvalue weighted by Gasteiger charge is -2.45. The molecular formula is C63H54F9N11O4S2. The molecule has 4 aliphatic rings. The smallest absolute Gasteiger partial charge is 0.352 e. The molecule has 0 spiro atoms. The third-order valence-corrected chi connectivity index (χ3v) is 19.4. The lowest BCUT2D eigenvalue weighted by atomic mass is 9.95. The van der Waals surface area contributed by atoms with Crippen LogP contribution < -0.4 is 21.2 Å². The molecule has 2 saturated heterocycles. The summed E-state index contributed by atoms with van der Waals surface area (Å²) in [5.41, 5.74) is -3.63. The number of carbonyl (C=O) groups excluding carboxylic acids is 2. The van der Waals surface area contributed by atoms with Crippen LogP contribution in [0.1, 0.15) is 67.6 Å². The molecule has 2 fully saturated rings. The molecule has 4 aromatic heterocycles. The van der Waals surface area contributed by atoms with Crippen molar-refractivity contribution in [2.45, 2.75) is 98.9 Å². The summed E-state index contributed by atoms with van der Waals surface area (Å²) in [7, 11) is 0. The number of aromatic nitrogens is 7. The second-order valence-electron chi connectivity index (χ2n) is 22.8. The summed E-state index contributed by atoms with van der Waals surface area (Å²) >= 11 is 2.05. The Labute approximate surface area is 511 Å². The van der Waals surface area contributed by atoms with Crippen LogP contribution in [-0.4, -0.2) is 118 Å². The Hall–Kier alpha value is -8.52. The summed E-state index contributed by atoms with van der Waals surface area (Å²) < 4.78 is 140. The minimum Gasteiger partial charge on any atom is -0.352 e. The van der Waals surface area contributed by atoms with Gasteiger partial charge in [0.25, 0.3) is 5.91 Å². The molecule has 0 radical (unpaired) electrons. The molecule has 0 bridgehead atoms. The lowest BCUT2D eigenvalue weighted by molar-refractivity contribution is -0.137. The molecule has 89 heavy (non-hydrogen) atoms. The summed E-state index contributed by atoms with van der Waals surface area (Å²) in [5.74, 6) is -4.42. The van der Waals surface area contributed by atoms with Gasteiger partial charge in [0, 0.05) is 143 Å². The van der Waals surface area contributed by atoms with Crippen LogP contribution in [0.2, 0.25) is 0 Å². The molecular weight excluding hydrogens is 1210 g/mol. The number of hydrogen-bond donors (Lipinski definition) is 0. The van der Waals surface area contributed by atoms with Crippen molar-refractivity contribution in [3.63, 3.8) is 0 Å². The SMILES string of the molecule is C=CC(=O)N1[C@H](C)CN(c2nc(=O)n3c4c(c(-c5ccc(F)cc5)c(C(F)(F)F)cc24)SC[C@@H](c2cncc(C(=C)C(=O)N4[C@H](C)CN(c5nc(=O)n6c7c(c(-c8ccc(F)cc8)c(C(F)(F)F)cc57)SC[C@@H](c5cnccc5F)C6)C[C@@H]4C)n2)C3)C[C@@H]1C. The van der Waals surface area contributed by atoms with Crippen LogP contribution in [0.15, 0.2) is 130 Å². The quantitative estimate of drug-likeness (QED) is 0.0995. The highest BCUT2D eigenvalue weighted by Gasteiger charge is 2.43. The van der Waals surface area contributed by atoms with Gasteiger partial charge in [-0.1, -0.05) is 37.4 Å². The van der Waals surface area contributed by atoms with Crippen LogP contribution >= 0.6 is 23.5 Å². The second-order valence-corrected chi connectivity index (χ2v) is 24.9. The molecule has 460 valence electrons. The Balaban J connectivity index is 0.873. The van der Waals surface area contributed by atoms with E-state index in [2.05, 4.69) is 33.1 Å². The van der Waals surface area contributed by atoms with Crippen molar-refractivity contribution >= 4 is 74.4 Å². The van der Waals surface area contributed by atoms with Crippen LogP contribution in [0.25, 0.3) is 49.6 Å². The second kappa shape index (κ2) is 23.1. The highest BCUT2D eigenvalue weighted by atomic mass is 32.2. The van der Waals surface area contributed by atoms with E-state index in [1.165, 1.54) is 69.2 Å². The zero-order valence-electron chi connectivity index (χ0n) is 48.0. The highest BCUT2D eigenvalue weighted by molar-refractivity contribution is 8.00. The Morgan fingerprint density at radius 1 is 0.596 bits per heavy atom. The van der Waals surface area contributed by atoms with E-state index in [0.29, 0.717) is 0 Å². The molecule has 0 N–H and O–H groups in total. The normalized spacial score (nSPS) is 20.6. The molecule has 4 aliphatic heterocycles. The number of thioether (sulfide) groups is 2. The van der Waals surface area contributed by atoms with E-state index in [1.807, 2.05) is 0 Å². The number of hydrogen-bond acceptors (Lipinski definition) is 13. The first-order valence-electron chi connectivity index (χ1n) is 28.3. The number of pyridine rings is 1. The molecule has 12 rings (SSSR count). The predicted molar refractivity (Wildman–Crippen MR) is 321 cm³/mol. The van der Waals surface area contributed by atoms with Gasteiger partial charge in [-0.3, -0.25) is 28.7 Å². The number of rotatable bonds is 9. The molecule has 8 heterocycles. The van der Waals surface area contributed by atoms with Crippen LogP contribution in [-0.2, 0) is 35.0 Å². The van der Waals surface area contributed by atoms with Gasteiger partial charge < -0.3 is 19.6 Å². The number of alkyl halides is 6. The van der Waals surface area contributed by atoms with Crippen molar-refractivity contribution < 1.29 is 49.1 Å². The minimum absolute atomic E-state index is 0.00907. The largest absolute Gasteiger partial charge is 0.417 e. The minimum atomic E-state index is -4.98. The van der Waals surface area contributed by atoms with Crippen molar-refractivity contribution in [2.24, 2.45) is 0 Å². The first-order valence-corrected chi connectivity index (χ1v) is 30.3. The van der Waals surface area contributed by atoms with Crippen molar-refractivity contribution in [1.29, 1.82) is 0 Å². The van der Waals surface area contributed by atoms with Crippen molar-refractivity contribution in [3.8, 4) is 22.3 Å². The molecule has 4 aromatic carbocycles. The fraction of sp³-hybridized carbons (Fsp3) is 0.317. The molecule has 0 saturated carbocycles. The van der Waals surface area contributed by atoms with E-state index in [-0.39, 0.29) is 145 Å². The lowest BCUT2D eigenvalue weighted by Crippen LogP contribution is -2.59. The van der Waals surface area contributed by atoms with Gasteiger partial charge in [-0.2, -0.15) is 36.3 Å². The standard InChI is InChI=1S/C63H54F9N11O4S2/c1-7-50(84)82-31(2)23-78(24-32(82)3)57-43-19-46(63(70,71)72)52(37-10-14-41(65)15-11-37)56-54(43)81(61(87)77-57)28-39(30-89-56)49-22-74-21-48(75-49)35(6)59(85)83-33(4)25-79(26-34(83)5)58-42-18-45(62(67,68)69)51(36-8-12-40(64)13-9-36)55-53(42)80(60(86)76-58)27-38(29-88-55)44-20-73-17-16-47(44)66/h7-22,31-34,38-39H,1,6,23-30H2,2-5H3/t31-,32+,33-,34+,38-,39-/m0/s1. The van der Waals surface area contributed by atoms with Gasteiger partial charge in [0.05, 0.1) is 45.3 Å². The first kappa shape index (κ1) is 60.8. The van der Waals surface area contributed by atoms with Crippen molar-refractivity contribution in [1.82, 2.24) is 43.9 Å². The van der Waals surface area contributed by atoms with Crippen molar-refractivity contribution in [3.05, 3.63) is 177 Å². The van der Waals surface area contributed by atoms with E-state index >= 15 is 30.7 Å². The van der Waals surface area contributed by atoms with Gasteiger partial charge >= 0.3 is 23.7 Å². The predicted octanol–water partition coefficient (Wildman–Crippen LogP) is 11.6. The summed E-state index contributed by atoms with van der Waals surface area (Å²) in [6.45, 7) is 14.6. The van der Waals surface area contributed by atoms with Gasteiger partial charge in [0.15, 0.2) is 0 Å². The van der Waals surface area contributed by atoms with Crippen LogP contribution in [0, 0.1) is 17.5 Å². The fourth-order valence-electron chi connectivity index (χ4n) is 13.0. The summed E-state index contributed by atoms with van der Waals surface area (Å²) in [5, 5.41) is -0.0105. The first-order chi connectivity index (χ1) is 42.3. The maximum absolute atomic E-state index is 15.6. The molecule has 0 aliphatic carbocycles. The van der Waals surface area contributed by atoms with E-state index in [9.17, 15) is 28.0 Å². The van der Waals surface area contributed by atoms with E-state index in [0.717, 1.165) is 66.0 Å². The van der Waals surface area contributed by atoms with Gasteiger partial charge in [0.1, 0.15) is 29.1 Å². The number of benzene rings is 4. The van der Waals surface area contributed by atoms with Crippen LogP contribution in [0.4, 0.5) is 51.1 Å². The number of anilines is 2. The number of carbonyl (C=O) groups is 2. The van der Waals surface area contributed by atoms with E-state index < -0.39 is 94.2 Å². The highest BCUT2D eigenvalue weighted by Crippen LogP contribution is 2.52. The van der Waals surface area contributed by atoms with Gasteiger partial charge in [0.2, 0.25) is 5.91 Å². The zero-order valence-corrected chi connectivity index (χ0v) is 49.7. The molecule has 2 amide bonds. The van der Waals surface area contributed by atoms with Gasteiger partial charge in [-0.05, 0) is 87.4 Å². The topological polar surface area (TPSA) is 156 Å². The molecule has 26 heteroatoms. The third-order valence-electron chi connectivity index (χ3n) is 16.9. The summed E-state index contributed by atoms with van der Waals surface area (Å²) in [6, 6.07) is 9.82. The molecule has 15 nitrogen and oxygen atoms in total. The summed E-state index contributed by atoms with van der Waals surface area (Å²) in [4.78, 5) is 85.8. The van der Waals surface area contributed by atoms with E-state index in [1.54, 1.807) is 42.4 Å². The number of nitrogens with zero attached hydrogens (tertiary/aromatic N) is 11. The number of amides is 2. The molecule has 8 aromatic rings. The average molecular weight is 1260 g/mol. The Kier molecular flexibility index (Phi) is 15.8. The van der Waals surface area contributed by atoms with Crippen molar-refractivity contribution in [2.75, 3.05) is 47.5 Å². The van der Waals surface area contributed by atoms with Gasteiger partial charge in [-0.15, -0.1) is 23.5 Å². The number of piperazine rings is 2. The molecule has 0 unspecified atom stereocenters. The average Bonchev–Trinajstić information content (AvgIpc) is 1.70. The third kappa shape index (κ3) is 11.0. The van der Waals surface area contributed by atoms with Crippen LogP contribution in [0.3, 0.4) is 0 Å². The summed E-state index contributed by atoms with van der Waals surface area (Å²) in [6.07, 6.45) is -3.43. The maximum atomic E-state index is 15.6. The zero-order chi connectivity index (χ0) is 63.3. The molecule has 6 atom stereocenters. The number of halogens is 9.